The third-order valence-corrected chi connectivity index (χ3v) is 7.23. The quantitative estimate of drug-likeness (QED) is 0.571. The third kappa shape index (κ3) is 5.24. The molecule has 1 N–H and O–H groups in total. The van der Waals surface area contributed by atoms with Gasteiger partial charge in [0.2, 0.25) is 11.8 Å². The molecule has 7 nitrogen and oxygen atoms in total. The Balaban J connectivity index is 1.56. The predicted molar refractivity (Wildman–Crippen MR) is 121 cm³/mol. The highest BCUT2D eigenvalue weighted by Crippen LogP contribution is 2.37. The van der Waals surface area contributed by atoms with Gasteiger partial charge in [-0.1, -0.05) is 18.0 Å². The van der Waals surface area contributed by atoms with Crippen LogP contribution in [-0.4, -0.2) is 31.2 Å². The highest BCUT2D eigenvalue weighted by molar-refractivity contribution is 7.87. The molecule has 4 rings (SSSR count). The second-order valence-corrected chi connectivity index (χ2v) is 10.3. The van der Waals surface area contributed by atoms with Crippen molar-refractivity contribution < 1.29 is 22.2 Å². The molecule has 2 saturated carbocycles. The number of carbonyl (C=O) groups excluding carboxylic acids is 2. The Morgan fingerprint density at radius 3 is 2.34 bits per heavy atom. The number of rotatable bonds is 8. The average Bonchev–Trinajstić information content (AvgIpc) is 3.51. The van der Waals surface area contributed by atoms with Crippen LogP contribution < -0.4 is 9.50 Å². The summed E-state index contributed by atoms with van der Waals surface area (Å²) in [6.07, 6.45) is 4.79. The molecular formula is C23H25ClN2O5S. The molecule has 32 heavy (non-hydrogen) atoms. The van der Waals surface area contributed by atoms with Gasteiger partial charge in [0, 0.05) is 41.7 Å². The maximum absolute atomic E-state index is 12.9. The molecule has 0 heterocycles. The van der Waals surface area contributed by atoms with Crippen LogP contribution in [0.25, 0.3) is 0 Å². The minimum Gasteiger partial charge on any atom is -0.379 e. The minimum atomic E-state index is -4.12. The number of nitrogens with one attached hydrogen (secondary N) is 1. The van der Waals surface area contributed by atoms with E-state index in [9.17, 15) is 18.0 Å². The molecule has 2 aliphatic rings. The summed E-state index contributed by atoms with van der Waals surface area (Å²) >= 11 is 6.18. The largest absolute Gasteiger partial charge is 0.379 e. The van der Waals surface area contributed by atoms with Gasteiger partial charge < -0.3 is 14.4 Å². The molecule has 0 aromatic heterocycles. The van der Waals surface area contributed by atoms with Crippen molar-refractivity contribution in [3.05, 3.63) is 53.1 Å². The Morgan fingerprint density at radius 1 is 1.09 bits per heavy atom. The summed E-state index contributed by atoms with van der Waals surface area (Å²) in [5, 5.41) is 3.03. The van der Waals surface area contributed by atoms with Gasteiger partial charge in [0.1, 0.15) is 10.6 Å². The number of hydrogen-bond acceptors (Lipinski definition) is 5. The van der Waals surface area contributed by atoms with E-state index in [1.54, 1.807) is 12.1 Å². The molecule has 0 atom stereocenters. The maximum atomic E-state index is 12.9. The summed E-state index contributed by atoms with van der Waals surface area (Å²) in [4.78, 5) is 25.9. The van der Waals surface area contributed by atoms with Gasteiger partial charge in [-0.05, 0) is 68.1 Å². The summed E-state index contributed by atoms with van der Waals surface area (Å²) in [5.74, 6) is 0.0813. The molecule has 0 radical (unpaired) electrons. The van der Waals surface area contributed by atoms with Crippen LogP contribution in [0.15, 0.2) is 47.4 Å². The molecule has 2 aliphatic carbocycles. The molecule has 0 bridgehead atoms. The number of halogens is 1. The van der Waals surface area contributed by atoms with Gasteiger partial charge in [-0.15, -0.1) is 0 Å². The van der Waals surface area contributed by atoms with Gasteiger partial charge in [-0.3, -0.25) is 9.59 Å². The molecule has 0 spiro atoms. The topological polar surface area (TPSA) is 92.8 Å². The monoisotopic (exact) mass is 476 g/mol. The van der Waals surface area contributed by atoms with Crippen LogP contribution >= 0.6 is 11.6 Å². The Hall–Kier alpha value is -2.58. The molecule has 170 valence electrons. The zero-order valence-corrected chi connectivity index (χ0v) is 19.3. The summed E-state index contributed by atoms with van der Waals surface area (Å²) < 4.78 is 31.2. The molecule has 2 fully saturated rings. The average molecular weight is 477 g/mol. The molecule has 0 aliphatic heterocycles. The second-order valence-electron chi connectivity index (χ2n) is 8.32. The first kappa shape index (κ1) is 22.6. The van der Waals surface area contributed by atoms with Crippen LogP contribution in [0, 0.1) is 5.92 Å². The van der Waals surface area contributed by atoms with Crippen molar-refractivity contribution in [3.8, 4) is 5.75 Å². The van der Waals surface area contributed by atoms with Crippen LogP contribution in [0.5, 0.6) is 5.75 Å². The van der Waals surface area contributed by atoms with E-state index in [1.807, 2.05) is 4.90 Å². The molecule has 0 saturated heterocycles. The number of anilines is 1. The summed E-state index contributed by atoms with van der Waals surface area (Å²) in [6.45, 7) is 1.63. The molecule has 0 unspecified atom stereocenters. The predicted octanol–water partition coefficient (Wildman–Crippen LogP) is 4.36. The lowest BCUT2D eigenvalue weighted by Crippen LogP contribution is -2.40. The van der Waals surface area contributed by atoms with E-state index in [4.69, 9.17) is 15.8 Å². The first-order valence-electron chi connectivity index (χ1n) is 10.6. The van der Waals surface area contributed by atoms with E-state index in [0.717, 1.165) is 32.1 Å². The fraction of sp³-hybridized carbons (Fsp3) is 0.391. The maximum Gasteiger partial charge on any atom is 0.339 e. The van der Waals surface area contributed by atoms with Gasteiger partial charge in [-0.25, -0.2) is 0 Å². The number of amides is 2. The SMILES string of the molecule is CC(=O)Nc1ccc(S(=O)(=O)Oc2ccc(Cl)cc2CN(C(=O)C2CCC2)C2CC2)cc1. The molecule has 2 aromatic rings. The van der Waals surface area contributed by atoms with Gasteiger partial charge in [-0.2, -0.15) is 8.42 Å². The van der Waals surface area contributed by atoms with Crippen molar-refractivity contribution in [2.24, 2.45) is 5.92 Å². The summed E-state index contributed by atoms with van der Waals surface area (Å²) in [6, 6.07) is 10.6. The smallest absolute Gasteiger partial charge is 0.339 e. The number of hydrogen-bond donors (Lipinski definition) is 1. The number of benzene rings is 2. The molecule has 9 heteroatoms. The van der Waals surface area contributed by atoms with Crippen molar-refractivity contribution in [3.63, 3.8) is 0 Å². The summed E-state index contributed by atoms with van der Waals surface area (Å²) in [7, 11) is -4.12. The van der Waals surface area contributed by atoms with E-state index >= 15 is 0 Å². The van der Waals surface area contributed by atoms with Crippen LogP contribution in [0.3, 0.4) is 0 Å². The number of carbonyl (C=O) groups is 2. The highest BCUT2D eigenvalue weighted by Gasteiger charge is 2.38. The first-order valence-corrected chi connectivity index (χ1v) is 12.4. The van der Waals surface area contributed by atoms with E-state index in [2.05, 4.69) is 5.32 Å². The van der Waals surface area contributed by atoms with Crippen LogP contribution in [-0.2, 0) is 26.3 Å². The molecule has 2 aromatic carbocycles. The first-order chi connectivity index (χ1) is 15.2. The van der Waals surface area contributed by atoms with Crippen LogP contribution in [0.2, 0.25) is 5.02 Å². The Labute approximate surface area is 192 Å². The van der Waals surface area contributed by atoms with Crippen molar-refractivity contribution in [1.82, 2.24) is 4.90 Å². The third-order valence-electron chi connectivity index (χ3n) is 5.75. The van der Waals surface area contributed by atoms with E-state index in [0.29, 0.717) is 16.3 Å². The van der Waals surface area contributed by atoms with Gasteiger partial charge in [0.25, 0.3) is 0 Å². The standard InChI is InChI=1S/C23H25ClN2O5S/c1-15(27)25-19-6-10-21(11-7-19)32(29,30)31-22-12-5-18(24)13-17(22)14-26(20-8-9-20)23(28)16-3-2-4-16/h5-7,10-13,16,20H,2-4,8-9,14H2,1H3,(H,25,27). The van der Waals surface area contributed by atoms with Crippen molar-refractivity contribution in [1.29, 1.82) is 0 Å². The Morgan fingerprint density at radius 2 is 1.78 bits per heavy atom. The lowest BCUT2D eigenvalue weighted by Gasteiger charge is -2.32. The van der Waals surface area contributed by atoms with Crippen molar-refractivity contribution in [2.45, 2.75) is 56.5 Å². The van der Waals surface area contributed by atoms with Gasteiger partial charge in [0.15, 0.2) is 0 Å². The van der Waals surface area contributed by atoms with Gasteiger partial charge >= 0.3 is 10.1 Å². The van der Waals surface area contributed by atoms with Crippen molar-refractivity contribution >= 4 is 39.2 Å². The van der Waals surface area contributed by atoms with Crippen molar-refractivity contribution in [2.75, 3.05) is 5.32 Å². The van der Waals surface area contributed by atoms with E-state index in [-0.39, 0.29) is 41.0 Å². The number of nitrogens with zero attached hydrogens (tertiary/aromatic N) is 1. The highest BCUT2D eigenvalue weighted by atomic mass is 35.5. The fourth-order valence-corrected chi connectivity index (χ4v) is 4.83. The molecular weight excluding hydrogens is 452 g/mol. The van der Waals surface area contributed by atoms with Gasteiger partial charge in [0.05, 0.1) is 0 Å². The lowest BCUT2D eigenvalue weighted by atomic mass is 9.84. The fourth-order valence-electron chi connectivity index (χ4n) is 3.67. The summed E-state index contributed by atoms with van der Waals surface area (Å²) in [5.41, 5.74) is 1.04. The zero-order valence-electron chi connectivity index (χ0n) is 17.7. The molecule has 2 amide bonds. The second kappa shape index (κ2) is 9.11. The van der Waals surface area contributed by atoms with E-state index < -0.39 is 10.1 Å². The zero-order chi connectivity index (χ0) is 22.9. The lowest BCUT2D eigenvalue weighted by molar-refractivity contribution is -0.139. The van der Waals surface area contributed by atoms with E-state index in [1.165, 1.54) is 37.3 Å². The van der Waals surface area contributed by atoms with Crippen LogP contribution in [0.4, 0.5) is 5.69 Å². The Kier molecular flexibility index (Phi) is 6.44. The Bertz CT molecular complexity index is 1130. The normalized spacial score (nSPS) is 16.2. The minimum absolute atomic E-state index is 0.0444. The van der Waals surface area contributed by atoms with Crippen LogP contribution in [0.1, 0.15) is 44.6 Å².